The van der Waals surface area contributed by atoms with E-state index in [0.29, 0.717) is 17.7 Å². The van der Waals surface area contributed by atoms with Crippen molar-refractivity contribution < 1.29 is 5.11 Å². The zero-order chi connectivity index (χ0) is 10.7. The molecule has 15 heavy (non-hydrogen) atoms. The van der Waals surface area contributed by atoms with E-state index in [9.17, 15) is 5.11 Å². The molecule has 2 nitrogen and oxygen atoms in total. The molecule has 1 fully saturated rings. The lowest BCUT2D eigenvalue weighted by molar-refractivity contribution is 0.303. The summed E-state index contributed by atoms with van der Waals surface area (Å²) in [5, 5.41) is 9.69. The molecule has 0 radical (unpaired) electrons. The molecular weight excluding hydrogens is 186 g/mol. The Hall–Kier alpha value is -1.02. The van der Waals surface area contributed by atoms with E-state index in [1.165, 1.54) is 19.3 Å². The Kier molecular flexibility index (Phi) is 3.27. The van der Waals surface area contributed by atoms with Gasteiger partial charge in [-0.15, -0.1) is 0 Å². The van der Waals surface area contributed by atoms with Crippen molar-refractivity contribution in [3.8, 4) is 5.75 Å². The van der Waals surface area contributed by atoms with Crippen LogP contribution in [0.4, 0.5) is 0 Å². The predicted octanol–water partition coefficient (Wildman–Crippen LogP) is 2.45. The smallest absolute Gasteiger partial charge is 0.118 e. The van der Waals surface area contributed by atoms with Gasteiger partial charge in [0, 0.05) is 6.04 Å². The van der Waals surface area contributed by atoms with Crippen LogP contribution in [0.1, 0.15) is 31.2 Å². The molecule has 0 bridgehead atoms. The Morgan fingerprint density at radius 3 is 2.67 bits per heavy atom. The number of nitrogens with two attached hydrogens (primary N) is 1. The first-order valence-corrected chi connectivity index (χ1v) is 5.80. The first kappa shape index (κ1) is 10.5. The second-order valence-electron chi connectivity index (χ2n) is 4.54. The topological polar surface area (TPSA) is 46.2 Å². The molecule has 1 aromatic carbocycles. The highest BCUT2D eigenvalue weighted by atomic mass is 16.3. The van der Waals surface area contributed by atoms with Crippen LogP contribution in [0.3, 0.4) is 0 Å². The highest BCUT2D eigenvalue weighted by Gasteiger charge is 2.22. The molecule has 82 valence electrons. The van der Waals surface area contributed by atoms with Gasteiger partial charge in [-0.1, -0.05) is 31.0 Å². The molecule has 3 N–H and O–H groups in total. The highest BCUT2D eigenvalue weighted by Crippen LogP contribution is 2.28. The van der Waals surface area contributed by atoms with Gasteiger partial charge in [0.2, 0.25) is 0 Å². The normalized spacial score (nSPS) is 26.5. The SMILES string of the molecule is NC1CCCCC1Cc1ccccc1O. The van der Waals surface area contributed by atoms with Crippen molar-refractivity contribution in [2.75, 3.05) is 0 Å². The average Bonchev–Trinajstić information content (AvgIpc) is 2.24. The molecule has 0 heterocycles. The zero-order valence-corrected chi connectivity index (χ0v) is 9.02. The Bertz CT molecular complexity index is 324. The summed E-state index contributed by atoms with van der Waals surface area (Å²) in [6.45, 7) is 0. The summed E-state index contributed by atoms with van der Waals surface area (Å²) in [4.78, 5) is 0. The van der Waals surface area contributed by atoms with Gasteiger partial charge in [-0.05, 0) is 36.8 Å². The second-order valence-corrected chi connectivity index (χ2v) is 4.54. The summed E-state index contributed by atoms with van der Waals surface area (Å²) in [6.07, 6.45) is 5.81. The molecule has 0 aromatic heterocycles. The standard InChI is InChI=1S/C13H19NO/c14-12-7-3-1-5-10(12)9-11-6-2-4-8-13(11)15/h2,4,6,8,10,12,15H,1,3,5,7,9,14H2. The molecule has 1 aromatic rings. The Morgan fingerprint density at radius 1 is 1.20 bits per heavy atom. The Balaban J connectivity index is 2.04. The van der Waals surface area contributed by atoms with Crippen LogP contribution in [-0.2, 0) is 6.42 Å². The van der Waals surface area contributed by atoms with E-state index in [1.54, 1.807) is 6.07 Å². The lowest BCUT2D eigenvalue weighted by atomic mass is 9.81. The lowest BCUT2D eigenvalue weighted by Gasteiger charge is -2.28. The monoisotopic (exact) mass is 205 g/mol. The van der Waals surface area contributed by atoms with Crippen molar-refractivity contribution >= 4 is 0 Å². The van der Waals surface area contributed by atoms with E-state index in [0.717, 1.165) is 18.4 Å². The Morgan fingerprint density at radius 2 is 1.93 bits per heavy atom. The van der Waals surface area contributed by atoms with Crippen molar-refractivity contribution in [3.63, 3.8) is 0 Å². The maximum Gasteiger partial charge on any atom is 0.118 e. The third-order valence-corrected chi connectivity index (χ3v) is 3.44. The van der Waals surface area contributed by atoms with Gasteiger partial charge < -0.3 is 10.8 Å². The molecule has 2 heteroatoms. The van der Waals surface area contributed by atoms with Crippen LogP contribution >= 0.6 is 0 Å². The number of hydrogen-bond donors (Lipinski definition) is 2. The van der Waals surface area contributed by atoms with Gasteiger partial charge in [-0.25, -0.2) is 0 Å². The minimum Gasteiger partial charge on any atom is -0.508 e. The first-order chi connectivity index (χ1) is 7.27. The molecule has 1 aliphatic rings. The fourth-order valence-corrected chi connectivity index (χ4v) is 2.46. The number of rotatable bonds is 2. The van der Waals surface area contributed by atoms with E-state index in [4.69, 9.17) is 5.73 Å². The van der Waals surface area contributed by atoms with E-state index in [-0.39, 0.29) is 0 Å². The van der Waals surface area contributed by atoms with Crippen LogP contribution in [0.15, 0.2) is 24.3 Å². The molecule has 0 spiro atoms. The minimum atomic E-state index is 0.318. The molecule has 0 saturated heterocycles. The molecule has 0 aliphatic heterocycles. The highest BCUT2D eigenvalue weighted by molar-refractivity contribution is 5.32. The molecule has 1 saturated carbocycles. The predicted molar refractivity (Wildman–Crippen MR) is 61.7 cm³/mol. The van der Waals surface area contributed by atoms with Crippen LogP contribution < -0.4 is 5.73 Å². The summed E-state index contributed by atoms with van der Waals surface area (Å²) < 4.78 is 0. The second kappa shape index (κ2) is 4.67. The van der Waals surface area contributed by atoms with Gasteiger partial charge in [0.05, 0.1) is 0 Å². The van der Waals surface area contributed by atoms with Crippen molar-refractivity contribution in [1.29, 1.82) is 0 Å². The van der Waals surface area contributed by atoms with Gasteiger partial charge in [-0.3, -0.25) is 0 Å². The quantitative estimate of drug-likeness (QED) is 0.779. The van der Waals surface area contributed by atoms with Crippen LogP contribution in [0.5, 0.6) is 5.75 Å². The number of aromatic hydroxyl groups is 1. The summed E-state index contributed by atoms with van der Waals surface area (Å²) >= 11 is 0. The van der Waals surface area contributed by atoms with Crippen molar-refractivity contribution in [1.82, 2.24) is 0 Å². The summed E-state index contributed by atoms with van der Waals surface area (Å²) in [6, 6.07) is 7.90. The number of para-hydroxylation sites is 1. The molecule has 0 amide bonds. The van der Waals surface area contributed by atoms with Crippen molar-refractivity contribution in [2.24, 2.45) is 11.7 Å². The van der Waals surface area contributed by atoms with Gasteiger partial charge >= 0.3 is 0 Å². The van der Waals surface area contributed by atoms with E-state index in [2.05, 4.69) is 0 Å². The van der Waals surface area contributed by atoms with Crippen LogP contribution in [0, 0.1) is 5.92 Å². The third kappa shape index (κ3) is 2.51. The van der Waals surface area contributed by atoms with Gasteiger partial charge in [0.15, 0.2) is 0 Å². The lowest BCUT2D eigenvalue weighted by Crippen LogP contribution is -2.34. The van der Waals surface area contributed by atoms with Crippen LogP contribution in [0.25, 0.3) is 0 Å². The van der Waals surface area contributed by atoms with Crippen molar-refractivity contribution in [2.45, 2.75) is 38.1 Å². The van der Waals surface area contributed by atoms with Crippen molar-refractivity contribution in [3.05, 3.63) is 29.8 Å². The molecule has 1 aliphatic carbocycles. The van der Waals surface area contributed by atoms with Gasteiger partial charge in [0.25, 0.3) is 0 Å². The molecule has 2 atom stereocenters. The fourth-order valence-electron chi connectivity index (χ4n) is 2.46. The fraction of sp³-hybridized carbons (Fsp3) is 0.538. The molecular formula is C13H19NO. The average molecular weight is 205 g/mol. The largest absolute Gasteiger partial charge is 0.508 e. The molecule has 2 unspecified atom stereocenters. The summed E-state index contributed by atoms with van der Waals surface area (Å²) in [5.41, 5.74) is 7.14. The number of phenols is 1. The molecule has 2 rings (SSSR count). The number of phenolic OH excluding ortho intramolecular Hbond substituents is 1. The summed E-state index contributed by atoms with van der Waals surface area (Å²) in [7, 11) is 0. The maximum absolute atomic E-state index is 9.69. The minimum absolute atomic E-state index is 0.318. The first-order valence-electron chi connectivity index (χ1n) is 5.80. The number of benzene rings is 1. The maximum atomic E-state index is 9.69. The summed E-state index contributed by atoms with van der Waals surface area (Å²) in [5.74, 6) is 0.960. The van der Waals surface area contributed by atoms with E-state index >= 15 is 0 Å². The van der Waals surface area contributed by atoms with Gasteiger partial charge in [0.1, 0.15) is 5.75 Å². The number of hydrogen-bond acceptors (Lipinski definition) is 2. The zero-order valence-electron chi connectivity index (χ0n) is 9.02. The van der Waals surface area contributed by atoms with Crippen LogP contribution in [-0.4, -0.2) is 11.1 Å². The van der Waals surface area contributed by atoms with E-state index in [1.807, 2.05) is 18.2 Å². The third-order valence-electron chi connectivity index (χ3n) is 3.44. The Labute approximate surface area is 91.1 Å². The van der Waals surface area contributed by atoms with Gasteiger partial charge in [-0.2, -0.15) is 0 Å². The van der Waals surface area contributed by atoms with E-state index < -0.39 is 0 Å². The van der Waals surface area contributed by atoms with Crippen LogP contribution in [0.2, 0.25) is 0 Å².